The molecule has 8 nitrogen and oxygen atoms in total. The molecule has 0 saturated carbocycles. The van der Waals surface area contributed by atoms with Crippen molar-refractivity contribution in [2.45, 2.75) is 20.0 Å². The molecule has 0 aliphatic carbocycles. The van der Waals surface area contributed by atoms with Gasteiger partial charge in [-0.2, -0.15) is 18.2 Å². The largest absolute Gasteiger partial charge is 0.416 e. The molecule has 184 valence electrons. The molecule has 0 spiro atoms. The summed E-state index contributed by atoms with van der Waals surface area (Å²) in [6.45, 7) is 5.22. The summed E-state index contributed by atoms with van der Waals surface area (Å²) in [7, 11) is 1.76. The molecule has 0 atom stereocenters. The van der Waals surface area contributed by atoms with Gasteiger partial charge in [0.25, 0.3) is 5.91 Å². The number of allylic oxidation sites excluding steroid dienone is 1. The van der Waals surface area contributed by atoms with Gasteiger partial charge < -0.3 is 15.5 Å². The Hall–Kier alpha value is -4.28. The number of amides is 1. The summed E-state index contributed by atoms with van der Waals surface area (Å²) in [5.41, 5.74) is 3.68. The number of hydrogen-bond acceptors (Lipinski definition) is 7. The summed E-state index contributed by atoms with van der Waals surface area (Å²) >= 11 is 0. The minimum Gasteiger partial charge on any atom is -0.357 e. The second-order valence-corrected chi connectivity index (χ2v) is 8.45. The second kappa shape index (κ2) is 8.74. The molecule has 1 amide bonds. The Bertz CT molecular complexity index is 1450. The van der Waals surface area contributed by atoms with E-state index >= 15 is 0 Å². The van der Waals surface area contributed by atoms with Crippen LogP contribution in [-0.2, 0) is 6.18 Å². The van der Waals surface area contributed by atoms with E-state index in [0.717, 1.165) is 57.8 Å². The first kappa shape index (κ1) is 23.5. The zero-order valence-corrected chi connectivity index (χ0v) is 19.7. The lowest BCUT2D eigenvalue weighted by Gasteiger charge is -2.31. The first-order valence-electron chi connectivity index (χ1n) is 11.2. The number of anilines is 3. The van der Waals surface area contributed by atoms with Crippen LogP contribution in [0.4, 0.5) is 30.6 Å². The van der Waals surface area contributed by atoms with Gasteiger partial charge in [-0.05, 0) is 54.8 Å². The SMILES string of the molecule is CNc1ncc2c(n1)N1CCN=C1C(c1cc(NC(=O)c3cc(C(F)(F)F)ccn3)ccc1C)=C2C. The van der Waals surface area contributed by atoms with Gasteiger partial charge in [0.15, 0.2) is 0 Å². The van der Waals surface area contributed by atoms with Crippen LogP contribution in [0.5, 0.6) is 0 Å². The zero-order chi connectivity index (χ0) is 25.6. The van der Waals surface area contributed by atoms with Gasteiger partial charge in [0.2, 0.25) is 5.95 Å². The topological polar surface area (TPSA) is 95.4 Å². The van der Waals surface area contributed by atoms with E-state index < -0.39 is 17.6 Å². The number of rotatable bonds is 4. The molecule has 11 heteroatoms. The molecule has 1 aromatic carbocycles. The fourth-order valence-electron chi connectivity index (χ4n) is 4.35. The predicted molar refractivity (Wildman–Crippen MR) is 132 cm³/mol. The molecule has 2 aromatic heterocycles. The fraction of sp³-hybridized carbons (Fsp3) is 0.240. The highest BCUT2D eigenvalue weighted by molar-refractivity contribution is 6.38. The molecule has 2 N–H and O–H groups in total. The Labute approximate surface area is 205 Å². The van der Waals surface area contributed by atoms with Gasteiger partial charge in [-0.15, -0.1) is 0 Å². The van der Waals surface area contributed by atoms with Crippen molar-refractivity contribution >= 4 is 40.3 Å². The average molecular weight is 493 g/mol. The first-order valence-corrected chi connectivity index (χ1v) is 11.2. The Balaban J connectivity index is 1.53. The van der Waals surface area contributed by atoms with Gasteiger partial charge >= 0.3 is 6.18 Å². The number of nitrogens with one attached hydrogen (secondary N) is 2. The van der Waals surface area contributed by atoms with Gasteiger partial charge in [0, 0.05) is 42.8 Å². The summed E-state index contributed by atoms with van der Waals surface area (Å²) in [6, 6.07) is 6.91. The third-order valence-electron chi connectivity index (χ3n) is 6.18. The van der Waals surface area contributed by atoms with Crippen molar-refractivity contribution in [3.8, 4) is 0 Å². The Morgan fingerprint density at radius 3 is 2.64 bits per heavy atom. The van der Waals surface area contributed by atoms with E-state index in [1.807, 2.05) is 19.9 Å². The minimum absolute atomic E-state index is 0.322. The average Bonchev–Trinajstić information content (AvgIpc) is 3.35. The normalized spacial score (nSPS) is 14.8. The van der Waals surface area contributed by atoms with Crippen LogP contribution in [0.15, 0.2) is 47.7 Å². The van der Waals surface area contributed by atoms with E-state index in [9.17, 15) is 18.0 Å². The number of alkyl halides is 3. The Morgan fingerprint density at radius 1 is 1.08 bits per heavy atom. The highest BCUT2D eigenvalue weighted by atomic mass is 19.4. The molecule has 0 fully saturated rings. The molecular formula is C25H22F3N7O. The third-order valence-corrected chi connectivity index (χ3v) is 6.18. The number of amidine groups is 1. The van der Waals surface area contributed by atoms with Crippen molar-refractivity contribution in [2.24, 2.45) is 4.99 Å². The molecule has 0 bridgehead atoms. The van der Waals surface area contributed by atoms with Crippen molar-refractivity contribution in [3.63, 3.8) is 0 Å². The maximum atomic E-state index is 13.1. The number of carbonyl (C=O) groups is 1. The van der Waals surface area contributed by atoms with Crippen LogP contribution in [0.2, 0.25) is 0 Å². The van der Waals surface area contributed by atoms with E-state index in [1.54, 1.807) is 25.4 Å². The lowest BCUT2D eigenvalue weighted by Crippen LogP contribution is -2.33. The molecule has 3 aromatic rings. The molecule has 5 rings (SSSR count). The van der Waals surface area contributed by atoms with Crippen LogP contribution in [0.25, 0.3) is 11.1 Å². The van der Waals surface area contributed by atoms with Gasteiger partial charge in [0.05, 0.1) is 12.1 Å². The number of halogens is 3. The number of nitrogens with zero attached hydrogens (tertiary/aromatic N) is 5. The van der Waals surface area contributed by atoms with Crippen molar-refractivity contribution in [1.29, 1.82) is 0 Å². The van der Waals surface area contributed by atoms with Crippen molar-refractivity contribution < 1.29 is 18.0 Å². The number of pyridine rings is 1. The number of benzene rings is 1. The third kappa shape index (κ3) is 4.06. The van der Waals surface area contributed by atoms with E-state index in [-0.39, 0.29) is 5.69 Å². The number of fused-ring (bicyclic) bond motifs is 3. The van der Waals surface area contributed by atoms with Crippen molar-refractivity contribution in [2.75, 3.05) is 35.7 Å². The van der Waals surface area contributed by atoms with Crippen LogP contribution in [0, 0.1) is 6.92 Å². The van der Waals surface area contributed by atoms with Crippen LogP contribution in [-0.4, -0.2) is 46.8 Å². The number of aromatic nitrogens is 3. The Kier molecular flexibility index (Phi) is 5.70. The van der Waals surface area contributed by atoms with Crippen LogP contribution in [0.3, 0.4) is 0 Å². The van der Waals surface area contributed by atoms with Crippen LogP contribution >= 0.6 is 0 Å². The monoisotopic (exact) mass is 493 g/mol. The van der Waals surface area contributed by atoms with Gasteiger partial charge in [0.1, 0.15) is 17.3 Å². The summed E-state index contributed by atoms with van der Waals surface area (Å²) in [5, 5.41) is 5.64. The predicted octanol–water partition coefficient (Wildman–Crippen LogP) is 4.66. The summed E-state index contributed by atoms with van der Waals surface area (Å²) in [6.07, 6.45) is -1.82. The molecule has 2 aliphatic heterocycles. The smallest absolute Gasteiger partial charge is 0.357 e. The van der Waals surface area contributed by atoms with Crippen LogP contribution < -0.4 is 15.5 Å². The molecule has 36 heavy (non-hydrogen) atoms. The van der Waals surface area contributed by atoms with E-state index in [2.05, 4.69) is 30.5 Å². The fourth-order valence-corrected chi connectivity index (χ4v) is 4.35. The molecule has 0 unspecified atom stereocenters. The number of aliphatic imine (C=N–C) groups is 1. The van der Waals surface area contributed by atoms with Crippen molar-refractivity contribution in [1.82, 2.24) is 15.0 Å². The lowest BCUT2D eigenvalue weighted by molar-refractivity contribution is -0.137. The maximum absolute atomic E-state index is 13.1. The standard InChI is InChI=1S/C25H22F3N7O/c1-13-4-5-16(33-23(36)19-10-15(6-7-30-19)25(26,27)28)11-17(13)20-14(2)18-12-32-24(29-3)34-21(18)35-9-8-31-22(20)35/h4-7,10-12H,8-9H2,1-3H3,(H,33,36)(H,29,32,34). The number of carbonyl (C=O) groups excluding carboxylic acids is 1. The molecule has 2 aliphatic rings. The molecule has 0 saturated heterocycles. The van der Waals surface area contributed by atoms with Crippen molar-refractivity contribution in [3.05, 3.63) is 70.7 Å². The number of hydrogen-bond donors (Lipinski definition) is 2. The van der Waals surface area contributed by atoms with E-state index in [1.165, 1.54) is 0 Å². The van der Waals surface area contributed by atoms with Gasteiger partial charge in [-0.25, -0.2) is 4.98 Å². The first-order chi connectivity index (χ1) is 17.2. The maximum Gasteiger partial charge on any atom is 0.416 e. The number of aryl methyl sites for hydroxylation is 1. The van der Waals surface area contributed by atoms with Gasteiger partial charge in [-0.3, -0.25) is 14.8 Å². The summed E-state index contributed by atoms with van der Waals surface area (Å²) in [4.78, 5) is 32.3. The van der Waals surface area contributed by atoms with E-state index in [0.29, 0.717) is 24.7 Å². The van der Waals surface area contributed by atoms with Gasteiger partial charge in [-0.1, -0.05) is 6.07 Å². The quantitative estimate of drug-likeness (QED) is 0.549. The Morgan fingerprint density at radius 2 is 1.89 bits per heavy atom. The highest BCUT2D eigenvalue weighted by Crippen LogP contribution is 2.41. The summed E-state index contributed by atoms with van der Waals surface area (Å²) < 4.78 is 39.2. The lowest BCUT2D eigenvalue weighted by atomic mass is 9.89. The molecule has 0 radical (unpaired) electrons. The van der Waals surface area contributed by atoms with Crippen LogP contribution in [0.1, 0.15) is 39.7 Å². The second-order valence-electron chi connectivity index (χ2n) is 8.45. The minimum atomic E-state index is -4.57. The highest BCUT2D eigenvalue weighted by Gasteiger charge is 2.34. The molecule has 4 heterocycles. The molecular weight excluding hydrogens is 471 g/mol. The summed E-state index contributed by atoms with van der Waals surface area (Å²) in [5.74, 6) is 1.35. The van der Waals surface area contributed by atoms with E-state index in [4.69, 9.17) is 4.99 Å². The zero-order valence-electron chi connectivity index (χ0n) is 19.7.